The summed E-state index contributed by atoms with van der Waals surface area (Å²) in [6, 6.07) is 0. The quantitative estimate of drug-likeness (QED) is 0.698. The number of carbonyl (C=O) groups excluding carboxylic acids is 2. The molecule has 0 saturated heterocycles. The number of ether oxygens (including phenoxy) is 1. The number of alkyl carbamates (subject to hydrolysis) is 1. The molecule has 2 amide bonds. The first-order valence-corrected chi connectivity index (χ1v) is 7.30. The molecule has 5 heteroatoms. The van der Waals surface area contributed by atoms with Gasteiger partial charge in [-0.05, 0) is 39.0 Å². The molecule has 0 saturated carbocycles. The molecule has 5 nitrogen and oxygen atoms in total. The summed E-state index contributed by atoms with van der Waals surface area (Å²) in [7, 11) is 0. The van der Waals surface area contributed by atoms with Crippen molar-refractivity contribution in [2.45, 2.75) is 53.6 Å². The SMILES string of the molecule is CC(C)CC(C)CN(C=O)CCNC(=O)OC(C)(C)C. The van der Waals surface area contributed by atoms with Gasteiger partial charge in [-0.1, -0.05) is 20.8 Å². The number of nitrogens with zero attached hydrogens (tertiary/aromatic N) is 1. The molecule has 0 aliphatic rings. The highest BCUT2D eigenvalue weighted by Crippen LogP contribution is 2.11. The Balaban J connectivity index is 3.96. The van der Waals surface area contributed by atoms with Gasteiger partial charge in [-0.3, -0.25) is 4.79 Å². The van der Waals surface area contributed by atoms with E-state index in [1.807, 2.05) is 20.8 Å². The van der Waals surface area contributed by atoms with Gasteiger partial charge in [-0.15, -0.1) is 0 Å². The van der Waals surface area contributed by atoms with Crippen LogP contribution in [0.2, 0.25) is 0 Å². The number of rotatable bonds is 8. The zero-order valence-electron chi connectivity index (χ0n) is 13.7. The summed E-state index contributed by atoms with van der Waals surface area (Å²) in [5.74, 6) is 1.08. The molecule has 0 aromatic carbocycles. The van der Waals surface area contributed by atoms with Gasteiger partial charge < -0.3 is 15.0 Å². The number of nitrogens with one attached hydrogen (secondary N) is 1. The highest BCUT2D eigenvalue weighted by atomic mass is 16.6. The molecule has 0 spiro atoms. The van der Waals surface area contributed by atoms with E-state index in [1.165, 1.54) is 0 Å². The molecule has 1 atom stereocenters. The van der Waals surface area contributed by atoms with Crippen LogP contribution in [0.15, 0.2) is 0 Å². The predicted molar refractivity (Wildman–Crippen MR) is 80.5 cm³/mol. The number of amides is 2. The van der Waals surface area contributed by atoms with Crippen molar-refractivity contribution in [3.63, 3.8) is 0 Å². The lowest BCUT2D eigenvalue weighted by atomic mass is 9.98. The van der Waals surface area contributed by atoms with Gasteiger partial charge in [0.2, 0.25) is 6.41 Å². The molecule has 0 heterocycles. The van der Waals surface area contributed by atoms with Gasteiger partial charge in [0.15, 0.2) is 0 Å². The Labute approximate surface area is 123 Å². The molecule has 118 valence electrons. The van der Waals surface area contributed by atoms with E-state index in [9.17, 15) is 9.59 Å². The Morgan fingerprint density at radius 2 is 1.90 bits per heavy atom. The molecular weight excluding hydrogens is 256 g/mol. The van der Waals surface area contributed by atoms with E-state index in [1.54, 1.807) is 4.90 Å². The van der Waals surface area contributed by atoms with Crippen molar-refractivity contribution in [2.75, 3.05) is 19.6 Å². The second-order valence-corrected chi connectivity index (χ2v) is 6.76. The van der Waals surface area contributed by atoms with E-state index in [0.29, 0.717) is 24.9 Å². The molecule has 0 fully saturated rings. The third kappa shape index (κ3) is 10.6. The second kappa shape index (κ2) is 8.82. The molecule has 1 unspecified atom stereocenters. The molecule has 0 aliphatic carbocycles. The van der Waals surface area contributed by atoms with Crippen LogP contribution >= 0.6 is 0 Å². The summed E-state index contributed by atoms with van der Waals surface area (Å²) in [4.78, 5) is 24.2. The Morgan fingerprint density at radius 3 is 2.35 bits per heavy atom. The van der Waals surface area contributed by atoms with Gasteiger partial charge in [0.1, 0.15) is 5.60 Å². The normalized spacial score (nSPS) is 12.9. The van der Waals surface area contributed by atoms with E-state index in [0.717, 1.165) is 19.4 Å². The largest absolute Gasteiger partial charge is 0.444 e. The smallest absolute Gasteiger partial charge is 0.407 e. The van der Waals surface area contributed by atoms with E-state index < -0.39 is 11.7 Å². The van der Waals surface area contributed by atoms with Gasteiger partial charge in [0, 0.05) is 19.6 Å². The molecule has 0 aliphatic heterocycles. The van der Waals surface area contributed by atoms with Crippen molar-refractivity contribution in [1.82, 2.24) is 10.2 Å². The zero-order chi connectivity index (χ0) is 15.8. The van der Waals surface area contributed by atoms with Crippen molar-refractivity contribution in [3.8, 4) is 0 Å². The van der Waals surface area contributed by atoms with Crippen LogP contribution in [-0.4, -0.2) is 42.6 Å². The molecule has 0 bridgehead atoms. The highest BCUT2D eigenvalue weighted by Gasteiger charge is 2.16. The Bertz CT molecular complexity index is 298. The summed E-state index contributed by atoms with van der Waals surface area (Å²) in [5.41, 5.74) is -0.500. The molecule has 0 radical (unpaired) electrons. The first kappa shape index (κ1) is 18.7. The number of hydrogen-bond acceptors (Lipinski definition) is 3. The zero-order valence-corrected chi connectivity index (χ0v) is 13.7. The monoisotopic (exact) mass is 286 g/mol. The minimum atomic E-state index is -0.500. The van der Waals surface area contributed by atoms with Crippen molar-refractivity contribution >= 4 is 12.5 Å². The van der Waals surface area contributed by atoms with E-state index in [2.05, 4.69) is 26.1 Å². The van der Waals surface area contributed by atoms with Crippen molar-refractivity contribution in [1.29, 1.82) is 0 Å². The molecular formula is C15H30N2O3. The fraction of sp³-hybridized carbons (Fsp3) is 0.867. The third-order valence-corrected chi connectivity index (χ3v) is 2.64. The lowest BCUT2D eigenvalue weighted by molar-refractivity contribution is -0.118. The Morgan fingerprint density at radius 1 is 1.30 bits per heavy atom. The van der Waals surface area contributed by atoms with E-state index >= 15 is 0 Å². The number of hydrogen-bond donors (Lipinski definition) is 1. The van der Waals surface area contributed by atoms with Crippen LogP contribution in [0.4, 0.5) is 4.79 Å². The van der Waals surface area contributed by atoms with Gasteiger partial charge in [0.05, 0.1) is 0 Å². The summed E-state index contributed by atoms with van der Waals surface area (Å²) in [5, 5.41) is 2.66. The van der Waals surface area contributed by atoms with E-state index in [-0.39, 0.29) is 0 Å². The molecule has 1 N–H and O–H groups in total. The van der Waals surface area contributed by atoms with Crippen LogP contribution in [0, 0.1) is 11.8 Å². The van der Waals surface area contributed by atoms with Crippen molar-refractivity contribution in [2.24, 2.45) is 11.8 Å². The average Bonchev–Trinajstić information content (AvgIpc) is 2.23. The van der Waals surface area contributed by atoms with Crippen molar-refractivity contribution < 1.29 is 14.3 Å². The third-order valence-electron chi connectivity index (χ3n) is 2.64. The maximum absolute atomic E-state index is 11.5. The van der Waals surface area contributed by atoms with Crippen LogP contribution in [0.1, 0.15) is 48.0 Å². The fourth-order valence-electron chi connectivity index (χ4n) is 2.08. The first-order chi connectivity index (χ1) is 9.14. The molecule has 0 aromatic rings. The lowest BCUT2D eigenvalue weighted by Crippen LogP contribution is -2.38. The standard InChI is InChI=1S/C15H30N2O3/c1-12(2)9-13(3)10-17(11-18)8-7-16-14(19)20-15(4,5)6/h11-13H,7-10H2,1-6H3,(H,16,19). The van der Waals surface area contributed by atoms with Crippen LogP contribution in [0.5, 0.6) is 0 Å². The van der Waals surface area contributed by atoms with Gasteiger partial charge in [-0.25, -0.2) is 4.79 Å². The topological polar surface area (TPSA) is 58.6 Å². The van der Waals surface area contributed by atoms with E-state index in [4.69, 9.17) is 4.74 Å². The van der Waals surface area contributed by atoms with Crippen LogP contribution < -0.4 is 5.32 Å². The highest BCUT2D eigenvalue weighted by molar-refractivity contribution is 5.67. The Kier molecular flexibility index (Phi) is 8.26. The van der Waals surface area contributed by atoms with Crippen LogP contribution in [0.3, 0.4) is 0 Å². The van der Waals surface area contributed by atoms with Crippen molar-refractivity contribution in [3.05, 3.63) is 0 Å². The number of carbonyl (C=O) groups is 2. The van der Waals surface area contributed by atoms with Gasteiger partial charge in [-0.2, -0.15) is 0 Å². The second-order valence-electron chi connectivity index (χ2n) is 6.76. The first-order valence-electron chi connectivity index (χ1n) is 7.30. The van der Waals surface area contributed by atoms with Crippen LogP contribution in [-0.2, 0) is 9.53 Å². The maximum Gasteiger partial charge on any atom is 0.407 e. The Hall–Kier alpha value is -1.26. The minimum Gasteiger partial charge on any atom is -0.444 e. The van der Waals surface area contributed by atoms with Crippen LogP contribution in [0.25, 0.3) is 0 Å². The summed E-state index contributed by atoms with van der Waals surface area (Å²) in [6.07, 6.45) is 1.48. The fourth-order valence-corrected chi connectivity index (χ4v) is 2.08. The predicted octanol–water partition coefficient (Wildman–Crippen LogP) is 2.65. The minimum absolute atomic E-state index is 0.405. The lowest BCUT2D eigenvalue weighted by Gasteiger charge is -2.24. The summed E-state index contributed by atoms with van der Waals surface area (Å²) >= 11 is 0. The molecule has 0 aromatic heterocycles. The molecule has 0 rings (SSSR count). The molecule has 20 heavy (non-hydrogen) atoms. The maximum atomic E-state index is 11.5. The van der Waals surface area contributed by atoms with Gasteiger partial charge in [0.25, 0.3) is 0 Å². The van der Waals surface area contributed by atoms with Gasteiger partial charge >= 0.3 is 6.09 Å². The average molecular weight is 286 g/mol. The summed E-state index contributed by atoms with van der Waals surface area (Å²) in [6.45, 7) is 13.6. The summed E-state index contributed by atoms with van der Waals surface area (Å²) < 4.78 is 5.13.